The molecule has 0 aliphatic carbocycles. The van der Waals surface area contributed by atoms with Crippen molar-refractivity contribution in [2.45, 2.75) is 90.0 Å². The number of quaternary nitrogens is 1. The summed E-state index contributed by atoms with van der Waals surface area (Å²) in [5.74, 6) is 2.70. The van der Waals surface area contributed by atoms with E-state index in [-0.39, 0.29) is 11.9 Å². The number of ether oxygens (including phenoxy) is 3. The highest BCUT2D eigenvalue weighted by molar-refractivity contribution is 7.98. The highest BCUT2D eigenvalue weighted by Gasteiger charge is 2.36. The second kappa shape index (κ2) is 22.9. The number of anilines is 1. The van der Waals surface area contributed by atoms with E-state index in [2.05, 4.69) is 96.3 Å². The van der Waals surface area contributed by atoms with E-state index >= 15 is 0 Å². The van der Waals surface area contributed by atoms with Crippen LogP contribution in [-0.2, 0) is 37.9 Å². The van der Waals surface area contributed by atoms with Gasteiger partial charge in [-0.1, -0.05) is 57.5 Å². The van der Waals surface area contributed by atoms with Gasteiger partial charge in [-0.3, -0.25) is 14.1 Å². The Morgan fingerprint density at radius 3 is 2.46 bits per heavy atom. The molecule has 1 unspecified atom stereocenters. The molecule has 5 rings (SSSR count). The molecular weight excluding hydrogens is 733 g/mol. The van der Waals surface area contributed by atoms with Crippen LogP contribution < -0.4 is 10.1 Å². The number of thioether (sulfide) groups is 1. The lowest BCUT2D eigenvalue weighted by Crippen LogP contribution is -2.49. The molecule has 0 bridgehead atoms. The minimum absolute atomic E-state index is 0.0762. The van der Waals surface area contributed by atoms with E-state index in [4.69, 9.17) is 14.2 Å². The number of esters is 1. The van der Waals surface area contributed by atoms with E-state index < -0.39 is 0 Å². The van der Waals surface area contributed by atoms with Gasteiger partial charge in [0.1, 0.15) is 30.4 Å². The highest BCUT2D eigenvalue weighted by Crippen LogP contribution is 2.36. The quantitative estimate of drug-likeness (QED) is 0.0367. The van der Waals surface area contributed by atoms with Crippen LogP contribution in [0.5, 0.6) is 5.75 Å². The zero-order chi connectivity index (χ0) is 40.3. The van der Waals surface area contributed by atoms with Gasteiger partial charge in [-0.25, -0.2) is 4.98 Å². The molecule has 1 aromatic heterocycles. The maximum Gasteiger partial charge on any atom is 0.305 e. The summed E-state index contributed by atoms with van der Waals surface area (Å²) in [7, 11) is 0. The van der Waals surface area contributed by atoms with Crippen molar-refractivity contribution in [3.05, 3.63) is 126 Å². The van der Waals surface area contributed by atoms with E-state index in [0.29, 0.717) is 57.3 Å². The topological polar surface area (TPSA) is 91.7 Å². The predicted molar refractivity (Wildman–Crippen MR) is 231 cm³/mol. The summed E-state index contributed by atoms with van der Waals surface area (Å²) >= 11 is 1.69. The van der Waals surface area contributed by atoms with E-state index in [1.165, 1.54) is 11.3 Å². The number of hydrogen-bond acceptors (Lipinski definition) is 7. The second-order valence-corrected chi connectivity index (χ2v) is 16.0. The van der Waals surface area contributed by atoms with Crippen LogP contribution in [0.1, 0.15) is 83.2 Å². The SMILES string of the molecule is CCCCOCCOc1ccc(C2=CC=C(C(=O)Nc3ccc(SCc4nccn4CCCC(=O)OCC)cc3)CCC[N+]2(Cc2ccccc2)CC(C)C)cc1. The smallest absolute Gasteiger partial charge is 0.305 e. The average molecular weight is 794 g/mol. The molecule has 1 atom stereocenters. The number of amides is 1. The van der Waals surface area contributed by atoms with Gasteiger partial charge in [-0.15, -0.1) is 11.8 Å². The second-order valence-electron chi connectivity index (χ2n) is 15.0. The molecule has 0 radical (unpaired) electrons. The molecule has 304 valence electrons. The maximum atomic E-state index is 13.8. The predicted octanol–water partition coefficient (Wildman–Crippen LogP) is 10.1. The Bertz CT molecular complexity index is 1890. The molecule has 57 heavy (non-hydrogen) atoms. The normalized spacial score (nSPS) is 15.7. The van der Waals surface area contributed by atoms with Gasteiger partial charge in [-0.05, 0) is 80.8 Å². The number of unbranched alkanes of at least 4 members (excludes halogenated alkanes) is 1. The Hall–Kier alpha value is -4.64. The van der Waals surface area contributed by atoms with Crippen molar-refractivity contribution < 1.29 is 28.3 Å². The van der Waals surface area contributed by atoms with Crippen LogP contribution in [-0.4, -0.2) is 65.4 Å². The maximum absolute atomic E-state index is 13.8. The van der Waals surface area contributed by atoms with E-state index in [1.807, 2.05) is 43.5 Å². The third kappa shape index (κ3) is 13.8. The average Bonchev–Trinajstić information content (AvgIpc) is 3.65. The molecule has 0 fully saturated rings. The number of carbonyl (C=O) groups is 2. The summed E-state index contributed by atoms with van der Waals surface area (Å²) in [6.07, 6.45) is 12.8. The molecule has 1 N–H and O–H groups in total. The Kier molecular flexibility index (Phi) is 17.5. The van der Waals surface area contributed by atoms with Gasteiger partial charge >= 0.3 is 5.97 Å². The molecule has 10 heteroatoms. The van der Waals surface area contributed by atoms with Gasteiger partial charge in [0, 0.05) is 77.7 Å². The van der Waals surface area contributed by atoms with Crippen molar-refractivity contribution in [1.29, 1.82) is 0 Å². The minimum Gasteiger partial charge on any atom is -0.491 e. The Balaban J connectivity index is 1.29. The molecule has 2 heterocycles. The number of imidazole rings is 1. The first-order chi connectivity index (χ1) is 27.8. The minimum atomic E-state index is -0.165. The first kappa shape index (κ1) is 43.5. The number of aryl methyl sites for hydroxylation is 1. The third-order valence-corrected chi connectivity index (χ3v) is 11.0. The van der Waals surface area contributed by atoms with Crippen LogP contribution in [0.2, 0.25) is 0 Å². The van der Waals surface area contributed by atoms with Gasteiger partial charge < -0.3 is 24.1 Å². The largest absolute Gasteiger partial charge is 0.491 e. The van der Waals surface area contributed by atoms with Crippen LogP contribution >= 0.6 is 11.8 Å². The van der Waals surface area contributed by atoms with Crippen LogP contribution in [0.25, 0.3) is 5.70 Å². The standard InChI is InChI=1S/C47H60N4O5S/c1-5-7-31-54-32-33-56-42-22-17-39(18-23-42)44-26-19-40(15-12-30-51(44,34-37(3)4)35-38-13-9-8-10-14-38)47(53)49-41-20-24-43(25-21-41)57-36-45-48-27-29-50(45)28-11-16-46(52)55-6-2/h8-10,13-14,17-27,29,37H,5-7,11-12,15-16,28,30-36H2,1-4H3/p+1. The molecule has 4 aromatic rings. The number of nitrogens with one attached hydrogen (secondary N) is 1. The van der Waals surface area contributed by atoms with E-state index in [9.17, 15) is 9.59 Å². The van der Waals surface area contributed by atoms with Crippen LogP contribution in [0, 0.1) is 5.92 Å². The van der Waals surface area contributed by atoms with Crippen LogP contribution in [0.3, 0.4) is 0 Å². The first-order valence-electron chi connectivity index (χ1n) is 20.6. The Labute approximate surface area is 344 Å². The molecule has 9 nitrogen and oxygen atoms in total. The Morgan fingerprint density at radius 1 is 0.930 bits per heavy atom. The number of hydrogen-bond donors (Lipinski definition) is 1. The number of nitrogens with zero attached hydrogens (tertiary/aromatic N) is 3. The highest BCUT2D eigenvalue weighted by atomic mass is 32.2. The fourth-order valence-corrected chi connectivity index (χ4v) is 8.18. The molecule has 3 aromatic carbocycles. The van der Waals surface area contributed by atoms with Crippen LogP contribution in [0.15, 0.2) is 114 Å². The summed E-state index contributed by atoms with van der Waals surface area (Å²) < 4.78 is 19.7. The third-order valence-electron chi connectivity index (χ3n) is 9.98. The van der Waals surface area contributed by atoms with Crippen molar-refractivity contribution in [2.75, 3.05) is 44.8 Å². The zero-order valence-corrected chi connectivity index (χ0v) is 35.1. The zero-order valence-electron chi connectivity index (χ0n) is 34.3. The first-order valence-corrected chi connectivity index (χ1v) is 21.6. The van der Waals surface area contributed by atoms with Gasteiger partial charge in [0.25, 0.3) is 5.91 Å². The molecular formula is C47H61N4O5S+. The molecule has 1 amide bonds. The van der Waals surface area contributed by atoms with Crippen molar-refractivity contribution >= 4 is 35.0 Å². The summed E-state index contributed by atoms with van der Waals surface area (Å²) in [5.41, 5.74) is 5.16. The molecule has 1 aliphatic heterocycles. The molecule has 1 aliphatic rings. The summed E-state index contributed by atoms with van der Waals surface area (Å²) in [4.78, 5) is 31.2. The Morgan fingerprint density at radius 2 is 1.72 bits per heavy atom. The lowest BCUT2D eigenvalue weighted by Gasteiger charge is -2.42. The van der Waals surface area contributed by atoms with Gasteiger partial charge in [0.2, 0.25) is 0 Å². The van der Waals surface area contributed by atoms with Crippen LogP contribution in [0.4, 0.5) is 5.69 Å². The number of carbonyl (C=O) groups excluding carboxylic acids is 2. The number of aromatic nitrogens is 2. The van der Waals surface area contributed by atoms with Gasteiger partial charge in [0.05, 0.1) is 32.1 Å². The summed E-state index contributed by atoms with van der Waals surface area (Å²) in [6, 6.07) is 27.2. The molecule has 0 spiro atoms. The van der Waals surface area contributed by atoms with Gasteiger partial charge in [-0.2, -0.15) is 0 Å². The summed E-state index contributed by atoms with van der Waals surface area (Å²) in [6.45, 7) is 14.3. The summed E-state index contributed by atoms with van der Waals surface area (Å²) in [5, 5.41) is 3.17. The van der Waals surface area contributed by atoms with Crippen molar-refractivity contribution in [2.24, 2.45) is 5.92 Å². The fraction of sp³-hybridized carbons (Fsp3) is 0.426. The number of allylic oxidation sites excluding steroid dienone is 2. The van der Waals surface area contributed by atoms with Gasteiger partial charge in [0.15, 0.2) is 0 Å². The molecule has 0 saturated heterocycles. The fourth-order valence-electron chi connectivity index (χ4n) is 7.32. The van der Waals surface area contributed by atoms with E-state index in [1.54, 1.807) is 18.0 Å². The van der Waals surface area contributed by atoms with E-state index in [0.717, 1.165) is 83.3 Å². The number of benzene rings is 3. The molecule has 0 saturated carbocycles. The monoisotopic (exact) mass is 793 g/mol. The number of rotatable bonds is 22. The lowest BCUT2D eigenvalue weighted by atomic mass is 9.97. The van der Waals surface area contributed by atoms with Crippen molar-refractivity contribution in [1.82, 2.24) is 9.55 Å². The van der Waals surface area contributed by atoms with Crippen molar-refractivity contribution in [3.8, 4) is 5.75 Å². The lowest BCUT2D eigenvalue weighted by molar-refractivity contribution is -0.876. The van der Waals surface area contributed by atoms with Crippen molar-refractivity contribution in [3.63, 3.8) is 0 Å².